The molecule has 4 heteroatoms. The third-order valence-electron chi connectivity index (χ3n) is 5.84. The van der Waals surface area contributed by atoms with Crippen molar-refractivity contribution < 1.29 is 5.11 Å². The topological polar surface area (TPSA) is 26.7 Å². The first-order valence-corrected chi connectivity index (χ1v) is 11.2. The van der Waals surface area contributed by atoms with Crippen molar-refractivity contribution in [2.24, 2.45) is 0 Å². The van der Waals surface area contributed by atoms with Gasteiger partial charge in [0.2, 0.25) is 0 Å². The van der Waals surface area contributed by atoms with E-state index in [0.717, 1.165) is 44.7 Å². The Bertz CT molecular complexity index is 957. The molecule has 1 N–H and O–H groups in total. The number of piperazine rings is 1. The summed E-state index contributed by atoms with van der Waals surface area (Å²) >= 11 is 1.88. The van der Waals surface area contributed by atoms with Gasteiger partial charge < -0.3 is 10.0 Å². The lowest BCUT2D eigenvalue weighted by molar-refractivity contribution is 0.148. The molecule has 152 valence electrons. The molecule has 1 aliphatic heterocycles. The van der Waals surface area contributed by atoms with E-state index >= 15 is 0 Å². The molecule has 1 aromatic heterocycles. The van der Waals surface area contributed by atoms with Crippen molar-refractivity contribution in [1.82, 2.24) is 9.80 Å². The molecule has 29 heavy (non-hydrogen) atoms. The Morgan fingerprint density at radius 1 is 0.931 bits per heavy atom. The van der Waals surface area contributed by atoms with Gasteiger partial charge in [0.25, 0.3) is 0 Å². The van der Waals surface area contributed by atoms with Crippen LogP contribution in [0.25, 0.3) is 10.4 Å². The van der Waals surface area contributed by atoms with Crippen LogP contribution in [0, 0.1) is 6.92 Å². The molecule has 4 rings (SSSR count). The molecular formula is C25H30N2OS. The molecule has 1 saturated heterocycles. The molecule has 0 spiro atoms. The lowest BCUT2D eigenvalue weighted by Crippen LogP contribution is -2.43. The molecular weight excluding hydrogens is 376 g/mol. The van der Waals surface area contributed by atoms with Gasteiger partial charge in [-0.15, -0.1) is 11.3 Å². The van der Waals surface area contributed by atoms with E-state index in [1.807, 2.05) is 17.4 Å². The number of rotatable bonds is 6. The highest BCUT2D eigenvalue weighted by atomic mass is 32.1. The Morgan fingerprint density at radius 3 is 2.55 bits per heavy atom. The average molecular weight is 407 g/mol. The third kappa shape index (κ3) is 5.14. The van der Waals surface area contributed by atoms with Crippen molar-refractivity contribution >= 4 is 11.3 Å². The Balaban J connectivity index is 1.47. The molecule has 1 aliphatic rings. The minimum absolute atomic E-state index is 0.100. The zero-order valence-corrected chi connectivity index (χ0v) is 18.2. The molecule has 0 unspecified atom stereocenters. The third-order valence-corrected chi connectivity index (χ3v) is 6.97. The molecule has 3 nitrogen and oxygen atoms in total. The first-order valence-electron chi connectivity index (χ1n) is 10.4. The van der Waals surface area contributed by atoms with Crippen LogP contribution in [0.1, 0.15) is 27.1 Å². The van der Waals surface area contributed by atoms with E-state index in [1.165, 1.54) is 32.0 Å². The van der Waals surface area contributed by atoms with Gasteiger partial charge in [-0.3, -0.25) is 4.90 Å². The molecule has 0 amide bonds. The Morgan fingerprint density at radius 2 is 1.76 bits per heavy atom. The summed E-state index contributed by atoms with van der Waals surface area (Å²) < 4.78 is 0. The summed E-state index contributed by atoms with van der Waals surface area (Å²) in [7, 11) is 2.20. The smallest absolute Gasteiger partial charge is 0.0681 e. The van der Waals surface area contributed by atoms with Crippen molar-refractivity contribution in [1.29, 1.82) is 0 Å². The second-order valence-electron chi connectivity index (χ2n) is 8.14. The molecule has 0 aliphatic carbocycles. The molecule has 0 atom stereocenters. The number of hydrogen-bond donors (Lipinski definition) is 1. The molecule has 0 radical (unpaired) electrons. The van der Waals surface area contributed by atoms with E-state index in [-0.39, 0.29) is 6.61 Å². The predicted molar refractivity (Wildman–Crippen MR) is 122 cm³/mol. The summed E-state index contributed by atoms with van der Waals surface area (Å²) in [5.41, 5.74) is 6.28. The van der Waals surface area contributed by atoms with Gasteiger partial charge in [-0.05, 0) is 60.0 Å². The van der Waals surface area contributed by atoms with Crippen LogP contribution >= 0.6 is 11.3 Å². The monoisotopic (exact) mass is 406 g/mol. The normalized spacial score (nSPS) is 15.7. The second-order valence-corrected chi connectivity index (χ2v) is 9.31. The molecule has 1 fully saturated rings. The SMILES string of the molecule is Cc1ccc(CO)cc1Cc1ccc(-c2cccc(CN3CCN(C)CC3)c2)s1. The maximum absolute atomic E-state index is 9.43. The van der Waals surface area contributed by atoms with E-state index < -0.39 is 0 Å². The molecule has 2 aromatic carbocycles. The largest absolute Gasteiger partial charge is 0.392 e. The number of aryl methyl sites for hydroxylation is 1. The summed E-state index contributed by atoms with van der Waals surface area (Å²) in [6, 6.07) is 19.8. The first-order chi connectivity index (χ1) is 14.1. The highest BCUT2D eigenvalue weighted by Gasteiger charge is 2.14. The Kier molecular flexibility index (Phi) is 6.46. The quantitative estimate of drug-likeness (QED) is 0.650. The minimum Gasteiger partial charge on any atom is -0.392 e. The number of aliphatic hydroxyl groups excluding tert-OH is 1. The maximum atomic E-state index is 9.43. The van der Waals surface area contributed by atoms with Gasteiger partial charge in [0.05, 0.1) is 6.61 Å². The molecule has 0 saturated carbocycles. The Hall–Kier alpha value is -1.98. The summed E-state index contributed by atoms with van der Waals surface area (Å²) in [5, 5.41) is 9.43. The Labute approximate surface area is 178 Å². The zero-order chi connectivity index (χ0) is 20.2. The number of benzene rings is 2. The van der Waals surface area contributed by atoms with Crippen molar-refractivity contribution in [3.63, 3.8) is 0 Å². The number of likely N-dealkylation sites (N-methyl/N-ethyl adjacent to an activating group) is 1. The number of thiophene rings is 1. The van der Waals surface area contributed by atoms with Gasteiger partial charge in [-0.2, -0.15) is 0 Å². The van der Waals surface area contributed by atoms with Gasteiger partial charge in [0.1, 0.15) is 0 Å². The summed E-state index contributed by atoms with van der Waals surface area (Å²) in [6.07, 6.45) is 0.922. The lowest BCUT2D eigenvalue weighted by Gasteiger charge is -2.32. The van der Waals surface area contributed by atoms with E-state index in [2.05, 4.69) is 72.3 Å². The first kappa shape index (κ1) is 20.3. The molecule has 0 bridgehead atoms. The summed E-state index contributed by atoms with van der Waals surface area (Å²) in [6.45, 7) is 7.89. The highest BCUT2D eigenvalue weighted by molar-refractivity contribution is 7.15. The number of aliphatic hydroxyl groups is 1. The van der Waals surface area contributed by atoms with Gasteiger partial charge in [0, 0.05) is 48.9 Å². The fraction of sp³-hybridized carbons (Fsp3) is 0.360. The number of hydrogen-bond acceptors (Lipinski definition) is 4. The van der Waals surface area contributed by atoms with Crippen LogP contribution < -0.4 is 0 Å². The molecule has 2 heterocycles. The van der Waals surface area contributed by atoms with E-state index in [9.17, 15) is 5.11 Å². The van der Waals surface area contributed by atoms with Crippen LogP contribution in [-0.2, 0) is 19.6 Å². The van der Waals surface area contributed by atoms with Gasteiger partial charge in [0.15, 0.2) is 0 Å². The average Bonchev–Trinajstić information content (AvgIpc) is 3.20. The lowest BCUT2D eigenvalue weighted by atomic mass is 10.0. The predicted octanol–water partition coefficient (Wildman–Crippen LogP) is 4.55. The second kappa shape index (κ2) is 9.23. The van der Waals surface area contributed by atoms with Crippen LogP contribution in [0.5, 0.6) is 0 Å². The van der Waals surface area contributed by atoms with Gasteiger partial charge in [-0.1, -0.05) is 36.4 Å². The van der Waals surface area contributed by atoms with Gasteiger partial charge >= 0.3 is 0 Å². The maximum Gasteiger partial charge on any atom is 0.0681 e. The zero-order valence-electron chi connectivity index (χ0n) is 17.4. The van der Waals surface area contributed by atoms with Crippen molar-refractivity contribution in [2.45, 2.75) is 26.5 Å². The standard InChI is InChI=1S/C25H30N2OS/c1-19-6-7-21(18-28)15-23(19)16-24-8-9-25(29-24)22-5-3-4-20(14-22)17-27-12-10-26(2)11-13-27/h3-9,14-15,28H,10-13,16-18H2,1-2H3. The fourth-order valence-corrected chi connectivity index (χ4v) is 4.94. The van der Waals surface area contributed by atoms with Crippen LogP contribution in [0.4, 0.5) is 0 Å². The van der Waals surface area contributed by atoms with Crippen molar-refractivity contribution in [3.05, 3.63) is 81.7 Å². The van der Waals surface area contributed by atoms with Crippen molar-refractivity contribution in [3.8, 4) is 10.4 Å². The summed E-state index contributed by atoms with van der Waals surface area (Å²) in [5.74, 6) is 0. The van der Waals surface area contributed by atoms with E-state index in [4.69, 9.17) is 0 Å². The fourth-order valence-electron chi connectivity index (χ4n) is 3.92. The van der Waals surface area contributed by atoms with Gasteiger partial charge in [-0.25, -0.2) is 0 Å². The van der Waals surface area contributed by atoms with Crippen LogP contribution in [0.15, 0.2) is 54.6 Å². The van der Waals surface area contributed by atoms with Crippen LogP contribution in [0.3, 0.4) is 0 Å². The minimum atomic E-state index is 0.100. The van der Waals surface area contributed by atoms with Crippen LogP contribution in [0.2, 0.25) is 0 Å². The summed E-state index contributed by atoms with van der Waals surface area (Å²) in [4.78, 5) is 7.65. The highest BCUT2D eigenvalue weighted by Crippen LogP contribution is 2.31. The van der Waals surface area contributed by atoms with E-state index in [1.54, 1.807) is 0 Å². The van der Waals surface area contributed by atoms with Crippen molar-refractivity contribution in [2.75, 3.05) is 33.2 Å². The van der Waals surface area contributed by atoms with E-state index in [0.29, 0.717) is 0 Å². The van der Waals surface area contributed by atoms with Crippen LogP contribution in [-0.4, -0.2) is 48.1 Å². The number of nitrogens with zero attached hydrogens (tertiary/aromatic N) is 2. The molecule has 3 aromatic rings.